The zero-order valence-electron chi connectivity index (χ0n) is 56.8. The fourth-order valence-electron chi connectivity index (χ4n) is 10.2. The Hall–Kier alpha value is -7.56. The monoisotopic (exact) mass is 1270 g/mol. The van der Waals surface area contributed by atoms with Crippen LogP contribution in [0.25, 0.3) is 44.5 Å². The van der Waals surface area contributed by atoms with Crippen molar-refractivity contribution in [1.82, 2.24) is 0 Å². The quantitative estimate of drug-likeness (QED) is 0.0515. The summed E-state index contributed by atoms with van der Waals surface area (Å²) in [5.74, 6) is 0.867. The molecule has 0 saturated heterocycles. The minimum absolute atomic E-state index is 0.134. The van der Waals surface area contributed by atoms with E-state index in [1.165, 1.54) is 38.5 Å². The van der Waals surface area contributed by atoms with Crippen molar-refractivity contribution in [1.29, 1.82) is 0 Å². The third kappa shape index (κ3) is 19.3. The summed E-state index contributed by atoms with van der Waals surface area (Å²) in [4.78, 5) is 0. The summed E-state index contributed by atoms with van der Waals surface area (Å²) >= 11 is 0. The molecule has 0 aliphatic heterocycles. The standard InChI is InChI=1S/2C20H25FO2.2C19H23FO3/c2*1-6-13-7-9-15(17(11-13)19(22)20(2,3)4)16-12-14(23-5)8-10-18(16)21;2*1-19(2,3)18(22)16-9-12(11-21)5-7-14(16)15-10-13(23-4)6-8-17(15)20/h2*7-12,19,22H,6H2,1-5H3;2*5-10,18,21-22H,11H2,1-4H3/t2*19-;2*18-/m1010/s1. The minimum atomic E-state index is -0.797. The van der Waals surface area contributed by atoms with Gasteiger partial charge in [0.2, 0.25) is 0 Å². The summed E-state index contributed by atoms with van der Waals surface area (Å²) in [6, 6.07) is 40.4. The van der Waals surface area contributed by atoms with Crippen LogP contribution in [0.3, 0.4) is 0 Å². The Kier molecular flexibility index (Phi) is 26.4. The molecule has 0 spiro atoms. The predicted molar refractivity (Wildman–Crippen MR) is 362 cm³/mol. The lowest BCUT2D eigenvalue weighted by Gasteiger charge is -2.28. The van der Waals surface area contributed by atoms with E-state index in [2.05, 4.69) is 13.8 Å². The van der Waals surface area contributed by atoms with Crippen LogP contribution in [-0.4, -0.2) is 59.1 Å². The third-order valence-corrected chi connectivity index (χ3v) is 16.0. The fourth-order valence-corrected chi connectivity index (χ4v) is 10.2. The highest BCUT2D eigenvalue weighted by Crippen LogP contribution is 2.45. The van der Waals surface area contributed by atoms with Crippen molar-refractivity contribution >= 4 is 0 Å². The van der Waals surface area contributed by atoms with Crippen LogP contribution in [0.1, 0.15) is 166 Å². The van der Waals surface area contributed by atoms with E-state index in [0.717, 1.165) is 35.1 Å². The van der Waals surface area contributed by atoms with Gasteiger partial charge in [-0.2, -0.15) is 0 Å². The summed E-state index contributed by atoms with van der Waals surface area (Å²) in [5.41, 5.74) is 9.03. The van der Waals surface area contributed by atoms with Crippen molar-refractivity contribution in [2.75, 3.05) is 28.4 Å². The Labute approximate surface area is 543 Å². The second kappa shape index (κ2) is 32.3. The number of methoxy groups -OCH3 is 4. The van der Waals surface area contributed by atoms with Gasteiger partial charge >= 0.3 is 0 Å². The molecule has 0 aliphatic rings. The fraction of sp³-hybridized carbons (Fsp3) is 0.385. The largest absolute Gasteiger partial charge is 0.497 e. The summed E-state index contributed by atoms with van der Waals surface area (Å²) < 4.78 is 78.2. The molecule has 10 nitrogen and oxygen atoms in total. The van der Waals surface area contributed by atoms with Gasteiger partial charge in [-0.25, -0.2) is 17.6 Å². The molecule has 4 atom stereocenters. The minimum Gasteiger partial charge on any atom is -0.497 e. The molecule has 0 aliphatic carbocycles. The number of rotatable bonds is 16. The van der Waals surface area contributed by atoms with Crippen molar-refractivity contribution in [2.45, 2.75) is 147 Å². The molecule has 496 valence electrons. The molecule has 0 bridgehead atoms. The Morgan fingerprint density at radius 2 is 0.489 bits per heavy atom. The van der Waals surface area contributed by atoms with Crippen LogP contribution >= 0.6 is 0 Å². The molecule has 6 N–H and O–H groups in total. The van der Waals surface area contributed by atoms with E-state index >= 15 is 0 Å². The Bertz CT molecular complexity index is 3240. The lowest BCUT2D eigenvalue weighted by molar-refractivity contribution is 0.0629. The van der Waals surface area contributed by atoms with Crippen LogP contribution in [0.5, 0.6) is 23.0 Å². The van der Waals surface area contributed by atoms with Crippen LogP contribution in [0.15, 0.2) is 146 Å². The van der Waals surface area contributed by atoms with Gasteiger partial charge in [0.15, 0.2) is 0 Å². The van der Waals surface area contributed by atoms with Gasteiger partial charge in [0.25, 0.3) is 0 Å². The normalized spacial score (nSPS) is 13.0. The average molecular weight is 1270 g/mol. The number of hydrogen-bond acceptors (Lipinski definition) is 10. The summed E-state index contributed by atoms with van der Waals surface area (Å²) in [7, 11) is 6.16. The summed E-state index contributed by atoms with van der Waals surface area (Å²) in [6.45, 7) is 27.2. The van der Waals surface area contributed by atoms with Crippen molar-refractivity contribution in [3.8, 4) is 67.5 Å². The molecule has 8 aromatic carbocycles. The zero-order valence-corrected chi connectivity index (χ0v) is 56.8. The van der Waals surface area contributed by atoms with Gasteiger partial charge in [-0.05, 0) is 174 Å². The van der Waals surface area contributed by atoms with Gasteiger partial charge in [0.1, 0.15) is 46.3 Å². The van der Waals surface area contributed by atoms with Crippen molar-refractivity contribution in [3.05, 3.63) is 213 Å². The molecule has 0 amide bonds. The zero-order chi connectivity index (χ0) is 68.8. The highest BCUT2D eigenvalue weighted by molar-refractivity contribution is 5.74. The van der Waals surface area contributed by atoms with E-state index in [4.69, 9.17) is 18.9 Å². The number of halogens is 4. The molecule has 92 heavy (non-hydrogen) atoms. The lowest BCUT2D eigenvalue weighted by atomic mass is 9.81. The molecule has 14 heteroatoms. The Morgan fingerprint density at radius 3 is 0.663 bits per heavy atom. The molecule has 8 aromatic rings. The SMILES string of the molecule is CCc1ccc(-c2cc(OC)ccc2F)c([C@@H](O)C(C)(C)C)c1.CCc1ccc(-c2cc(OC)ccc2F)c([C@H](O)C(C)(C)C)c1.COc1ccc(F)c(-c2ccc(CO)cc2[C@@H](O)C(C)(C)C)c1.COc1ccc(F)c(-c2ccc(CO)cc2[C@H](O)C(C)(C)C)c1. The first-order chi connectivity index (χ1) is 43.1. The smallest absolute Gasteiger partial charge is 0.131 e. The maximum Gasteiger partial charge on any atom is 0.131 e. The lowest BCUT2D eigenvalue weighted by Crippen LogP contribution is -2.19. The highest BCUT2D eigenvalue weighted by atomic mass is 19.1. The first kappa shape index (κ1) is 75.2. The van der Waals surface area contributed by atoms with Crippen LogP contribution in [-0.2, 0) is 26.1 Å². The first-order valence-electron chi connectivity index (χ1n) is 30.9. The molecule has 0 heterocycles. The second-order valence-electron chi connectivity index (χ2n) is 27.2. The second-order valence-corrected chi connectivity index (χ2v) is 27.2. The maximum absolute atomic E-state index is 14.4. The Balaban J connectivity index is 0.000000223. The number of hydrogen-bond donors (Lipinski definition) is 6. The summed E-state index contributed by atoms with van der Waals surface area (Å²) in [6.07, 6.45) is -1.23. The van der Waals surface area contributed by atoms with Crippen LogP contribution in [0, 0.1) is 44.9 Å². The van der Waals surface area contributed by atoms with E-state index in [9.17, 15) is 48.2 Å². The van der Waals surface area contributed by atoms with Crippen LogP contribution < -0.4 is 18.9 Å². The van der Waals surface area contributed by atoms with Gasteiger partial charge in [-0.15, -0.1) is 0 Å². The van der Waals surface area contributed by atoms with E-state index < -0.39 is 35.2 Å². The van der Waals surface area contributed by atoms with Crippen molar-refractivity contribution in [2.24, 2.45) is 21.7 Å². The van der Waals surface area contributed by atoms with Crippen LogP contribution in [0.4, 0.5) is 17.6 Å². The van der Waals surface area contributed by atoms with Gasteiger partial charge in [0, 0.05) is 22.3 Å². The van der Waals surface area contributed by atoms with E-state index in [-0.39, 0.29) is 47.3 Å². The molecule has 0 radical (unpaired) electrons. The summed E-state index contributed by atoms with van der Waals surface area (Å²) in [5, 5.41) is 61.7. The molecule has 8 rings (SSSR count). The topological polar surface area (TPSA) is 158 Å². The van der Waals surface area contributed by atoms with Gasteiger partial charge in [-0.3, -0.25) is 0 Å². The number of aryl methyl sites for hydroxylation is 2. The van der Waals surface area contributed by atoms with Crippen LogP contribution in [0.2, 0.25) is 0 Å². The number of benzene rings is 8. The van der Waals surface area contributed by atoms with Gasteiger partial charge in [-0.1, -0.05) is 170 Å². The number of aliphatic hydroxyl groups is 6. The van der Waals surface area contributed by atoms with Gasteiger partial charge < -0.3 is 49.6 Å². The Morgan fingerprint density at radius 1 is 0.293 bits per heavy atom. The number of aliphatic hydroxyl groups excluding tert-OH is 6. The first-order valence-corrected chi connectivity index (χ1v) is 30.9. The van der Waals surface area contributed by atoms with E-state index in [1.54, 1.807) is 99.1 Å². The van der Waals surface area contributed by atoms with Crippen molar-refractivity contribution < 1.29 is 67.1 Å². The molecule has 0 saturated carbocycles. The molecular formula is C78H96F4O10. The molecule has 0 unspecified atom stereocenters. The van der Waals surface area contributed by atoms with E-state index in [0.29, 0.717) is 89.8 Å². The molecular weight excluding hydrogens is 1170 g/mol. The highest BCUT2D eigenvalue weighted by Gasteiger charge is 2.31. The predicted octanol–water partition coefficient (Wildman–Crippen LogP) is 18.4. The van der Waals surface area contributed by atoms with E-state index in [1.807, 2.05) is 119 Å². The molecule has 0 fully saturated rings. The van der Waals surface area contributed by atoms with Crippen molar-refractivity contribution in [3.63, 3.8) is 0 Å². The van der Waals surface area contributed by atoms with Gasteiger partial charge in [0.05, 0.1) is 66.1 Å². The third-order valence-electron chi connectivity index (χ3n) is 16.0. The molecule has 0 aromatic heterocycles. The average Bonchev–Trinajstić information content (AvgIpc) is 0.828. The maximum atomic E-state index is 14.4. The number of ether oxygens (including phenoxy) is 4.